The molecule has 0 unspecified atom stereocenters. The van der Waals surface area contributed by atoms with Gasteiger partial charge in [0.2, 0.25) is 5.90 Å². The van der Waals surface area contributed by atoms with Crippen LogP contribution < -0.4 is 4.74 Å². The first-order chi connectivity index (χ1) is 7.69. The van der Waals surface area contributed by atoms with Crippen molar-refractivity contribution in [3.8, 4) is 5.75 Å². The van der Waals surface area contributed by atoms with Crippen LogP contribution in [0.5, 0.6) is 5.75 Å². The molecule has 0 aliphatic carbocycles. The molecule has 1 rings (SSSR count). The molecular formula is C13H19NO2. The van der Waals surface area contributed by atoms with Crippen LogP contribution in [0.2, 0.25) is 0 Å². The maximum atomic E-state index is 7.80. The lowest BCUT2D eigenvalue weighted by molar-refractivity contribution is 0.305. The van der Waals surface area contributed by atoms with Gasteiger partial charge in [0.25, 0.3) is 0 Å². The number of benzene rings is 1. The summed E-state index contributed by atoms with van der Waals surface area (Å²) in [7, 11) is 0. The van der Waals surface area contributed by atoms with Crippen molar-refractivity contribution in [2.24, 2.45) is 0 Å². The molecule has 1 aromatic carbocycles. The third-order valence-corrected chi connectivity index (χ3v) is 2.13. The fourth-order valence-corrected chi connectivity index (χ4v) is 1.38. The van der Waals surface area contributed by atoms with Crippen LogP contribution in [0.3, 0.4) is 0 Å². The highest BCUT2D eigenvalue weighted by atomic mass is 16.5. The van der Waals surface area contributed by atoms with Gasteiger partial charge in [0, 0.05) is 0 Å². The minimum Gasteiger partial charge on any atom is -0.493 e. The molecule has 0 heterocycles. The number of aryl methyl sites for hydroxylation is 1. The average molecular weight is 221 g/mol. The van der Waals surface area contributed by atoms with Gasteiger partial charge < -0.3 is 9.47 Å². The van der Waals surface area contributed by atoms with Crippen LogP contribution in [0, 0.1) is 12.3 Å². The second-order valence-electron chi connectivity index (χ2n) is 3.61. The molecule has 16 heavy (non-hydrogen) atoms. The van der Waals surface area contributed by atoms with Crippen LogP contribution in [-0.2, 0) is 4.74 Å². The van der Waals surface area contributed by atoms with Gasteiger partial charge in [0.15, 0.2) is 0 Å². The highest BCUT2D eigenvalue weighted by molar-refractivity contribution is 5.94. The molecule has 0 radical (unpaired) electrons. The molecule has 0 amide bonds. The highest BCUT2D eigenvalue weighted by Gasteiger charge is 2.10. The van der Waals surface area contributed by atoms with E-state index in [1.807, 2.05) is 32.0 Å². The minimum absolute atomic E-state index is 0.178. The summed E-state index contributed by atoms with van der Waals surface area (Å²) in [6.45, 7) is 7.08. The Kier molecular flexibility index (Phi) is 4.83. The van der Waals surface area contributed by atoms with E-state index in [0.29, 0.717) is 13.2 Å². The zero-order chi connectivity index (χ0) is 12.0. The summed E-state index contributed by atoms with van der Waals surface area (Å²) in [5, 5.41) is 7.80. The molecule has 0 aliphatic rings. The van der Waals surface area contributed by atoms with E-state index in [2.05, 4.69) is 6.92 Å². The van der Waals surface area contributed by atoms with E-state index in [1.165, 1.54) is 0 Å². The zero-order valence-corrected chi connectivity index (χ0v) is 10.2. The van der Waals surface area contributed by atoms with E-state index in [0.717, 1.165) is 23.3 Å². The smallest absolute Gasteiger partial charge is 0.217 e. The number of nitrogens with one attached hydrogen (secondary N) is 1. The topological polar surface area (TPSA) is 42.3 Å². The Morgan fingerprint density at radius 3 is 2.69 bits per heavy atom. The quantitative estimate of drug-likeness (QED) is 0.613. The van der Waals surface area contributed by atoms with Gasteiger partial charge in [0.1, 0.15) is 5.75 Å². The molecule has 3 heteroatoms. The Morgan fingerprint density at radius 1 is 1.31 bits per heavy atom. The first-order valence-electron chi connectivity index (χ1n) is 5.64. The SMILES string of the molecule is CCCOc1ccc(C)cc1C(=N)OCC. The predicted octanol–water partition coefficient (Wildman–Crippen LogP) is 3.15. The van der Waals surface area contributed by atoms with Gasteiger partial charge in [-0.15, -0.1) is 0 Å². The highest BCUT2D eigenvalue weighted by Crippen LogP contribution is 2.21. The first kappa shape index (κ1) is 12.6. The molecule has 1 N–H and O–H groups in total. The molecule has 0 saturated carbocycles. The Hall–Kier alpha value is -1.51. The molecular weight excluding hydrogens is 202 g/mol. The van der Waals surface area contributed by atoms with Crippen molar-refractivity contribution in [1.29, 1.82) is 5.41 Å². The van der Waals surface area contributed by atoms with Gasteiger partial charge in [-0.2, -0.15) is 0 Å². The summed E-state index contributed by atoms with van der Waals surface area (Å²) in [6.07, 6.45) is 0.954. The number of hydrogen-bond acceptors (Lipinski definition) is 3. The largest absolute Gasteiger partial charge is 0.493 e. The van der Waals surface area contributed by atoms with Crippen molar-refractivity contribution in [3.63, 3.8) is 0 Å². The van der Waals surface area contributed by atoms with Gasteiger partial charge >= 0.3 is 0 Å². The normalized spacial score (nSPS) is 9.94. The molecule has 0 aromatic heterocycles. The number of ether oxygens (including phenoxy) is 2. The molecule has 0 bridgehead atoms. The Morgan fingerprint density at radius 2 is 2.06 bits per heavy atom. The molecule has 0 spiro atoms. The van der Waals surface area contributed by atoms with Gasteiger partial charge in [0.05, 0.1) is 18.8 Å². The molecule has 0 atom stereocenters. The lowest BCUT2D eigenvalue weighted by Crippen LogP contribution is -2.08. The summed E-state index contributed by atoms with van der Waals surface area (Å²) in [5.41, 5.74) is 1.83. The summed E-state index contributed by atoms with van der Waals surface area (Å²) < 4.78 is 10.8. The Balaban J connectivity index is 2.93. The second-order valence-corrected chi connectivity index (χ2v) is 3.61. The van der Waals surface area contributed by atoms with E-state index < -0.39 is 0 Å². The van der Waals surface area contributed by atoms with E-state index in [-0.39, 0.29) is 5.90 Å². The number of hydrogen-bond donors (Lipinski definition) is 1. The lowest BCUT2D eigenvalue weighted by atomic mass is 10.1. The van der Waals surface area contributed by atoms with Gasteiger partial charge in [-0.1, -0.05) is 18.6 Å². The van der Waals surface area contributed by atoms with Crippen LogP contribution >= 0.6 is 0 Å². The van der Waals surface area contributed by atoms with Crippen LogP contribution in [0.15, 0.2) is 18.2 Å². The molecule has 0 aliphatic heterocycles. The summed E-state index contributed by atoms with van der Waals surface area (Å²) in [4.78, 5) is 0. The van der Waals surface area contributed by atoms with E-state index in [4.69, 9.17) is 14.9 Å². The van der Waals surface area contributed by atoms with Crippen molar-refractivity contribution >= 4 is 5.90 Å². The van der Waals surface area contributed by atoms with Crippen LogP contribution in [-0.4, -0.2) is 19.1 Å². The van der Waals surface area contributed by atoms with Crippen molar-refractivity contribution in [2.75, 3.05) is 13.2 Å². The maximum Gasteiger partial charge on any atom is 0.217 e. The van der Waals surface area contributed by atoms with Crippen LogP contribution in [0.1, 0.15) is 31.4 Å². The van der Waals surface area contributed by atoms with Crippen molar-refractivity contribution in [2.45, 2.75) is 27.2 Å². The van der Waals surface area contributed by atoms with Crippen molar-refractivity contribution in [3.05, 3.63) is 29.3 Å². The summed E-state index contributed by atoms with van der Waals surface area (Å²) in [5.74, 6) is 0.906. The summed E-state index contributed by atoms with van der Waals surface area (Å²) in [6, 6.07) is 5.80. The van der Waals surface area contributed by atoms with Crippen LogP contribution in [0.25, 0.3) is 0 Å². The molecule has 0 saturated heterocycles. The van der Waals surface area contributed by atoms with Crippen molar-refractivity contribution < 1.29 is 9.47 Å². The van der Waals surface area contributed by atoms with Crippen molar-refractivity contribution in [1.82, 2.24) is 0 Å². The van der Waals surface area contributed by atoms with E-state index >= 15 is 0 Å². The molecule has 88 valence electrons. The minimum atomic E-state index is 0.178. The molecule has 3 nitrogen and oxygen atoms in total. The monoisotopic (exact) mass is 221 g/mol. The Bertz CT molecular complexity index is 361. The zero-order valence-electron chi connectivity index (χ0n) is 10.2. The Labute approximate surface area is 96.9 Å². The summed E-state index contributed by atoms with van der Waals surface area (Å²) >= 11 is 0. The average Bonchev–Trinajstić information content (AvgIpc) is 2.27. The van der Waals surface area contributed by atoms with E-state index in [9.17, 15) is 0 Å². The fourth-order valence-electron chi connectivity index (χ4n) is 1.38. The first-order valence-corrected chi connectivity index (χ1v) is 5.64. The molecule has 1 aromatic rings. The van der Waals surface area contributed by atoms with Gasteiger partial charge in [-0.3, -0.25) is 5.41 Å². The third kappa shape index (κ3) is 3.26. The fraction of sp³-hybridized carbons (Fsp3) is 0.462. The second kappa shape index (κ2) is 6.16. The predicted molar refractivity (Wildman–Crippen MR) is 65.4 cm³/mol. The van der Waals surface area contributed by atoms with Gasteiger partial charge in [-0.25, -0.2) is 0 Å². The maximum absolute atomic E-state index is 7.80. The van der Waals surface area contributed by atoms with Gasteiger partial charge in [-0.05, 0) is 32.4 Å². The van der Waals surface area contributed by atoms with E-state index in [1.54, 1.807) is 0 Å². The number of rotatable bonds is 5. The third-order valence-electron chi connectivity index (χ3n) is 2.13. The lowest BCUT2D eigenvalue weighted by Gasteiger charge is -2.12. The standard InChI is InChI=1S/C13H19NO2/c1-4-8-16-12-7-6-10(3)9-11(12)13(14)15-5-2/h6-7,9,14H,4-5,8H2,1-3H3. The van der Waals surface area contributed by atoms with Crippen LogP contribution in [0.4, 0.5) is 0 Å². The molecule has 0 fully saturated rings.